The maximum absolute atomic E-state index is 12.6. The first kappa shape index (κ1) is 18.0. The molecule has 8 nitrogen and oxygen atoms in total. The number of fused-ring (bicyclic) bond motifs is 1. The third kappa shape index (κ3) is 3.04. The second-order valence-electron chi connectivity index (χ2n) is 5.23. The van der Waals surface area contributed by atoms with Gasteiger partial charge in [-0.25, -0.2) is 21.9 Å². The maximum atomic E-state index is 12.6. The lowest BCUT2D eigenvalue weighted by atomic mass is 10.1. The van der Waals surface area contributed by atoms with Crippen molar-refractivity contribution in [2.24, 2.45) is 0 Å². The van der Waals surface area contributed by atoms with Crippen molar-refractivity contribution in [3.63, 3.8) is 0 Å². The van der Waals surface area contributed by atoms with E-state index < -0.39 is 33.7 Å². The Morgan fingerprint density at radius 1 is 1.46 bits per heavy atom. The molecule has 0 aliphatic carbocycles. The van der Waals surface area contributed by atoms with Crippen LogP contribution in [0.1, 0.15) is 5.56 Å². The molecule has 2 aromatic heterocycles. The Morgan fingerprint density at radius 2 is 2.19 bits per heavy atom. The number of rotatable bonds is 5. The second kappa shape index (κ2) is 6.47. The summed E-state index contributed by atoms with van der Waals surface area (Å²) in [7, 11) is -4.21. The van der Waals surface area contributed by atoms with E-state index in [4.69, 9.17) is 22.6 Å². The summed E-state index contributed by atoms with van der Waals surface area (Å²) in [5, 5.41) is 13.3. The number of nitrogens with one attached hydrogen (secondary N) is 2. The Kier molecular flexibility index (Phi) is 4.47. The summed E-state index contributed by atoms with van der Waals surface area (Å²) >= 11 is 6.07. The number of nitrogen functional groups attached to an aromatic ring is 1. The van der Waals surface area contributed by atoms with Gasteiger partial charge < -0.3 is 10.7 Å². The van der Waals surface area contributed by atoms with Crippen LogP contribution in [0.4, 0.5) is 20.3 Å². The highest BCUT2D eigenvalue weighted by Crippen LogP contribution is 2.33. The van der Waals surface area contributed by atoms with Crippen LogP contribution in [-0.2, 0) is 16.6 Å². The zero-order chi connectivity index (χ0) is 19.1. The molecule has 136 valence electrons. The number of nitriles is 1. The lowest BCUT2D eigenvalue weighted by Crippen LogP contribution is -2.16. The lowest BCUT2D eigenvalue weighted by molar-refractivity contribution is 0.122. The molecule has 0 aliphatic rings. The van der Waals surface area contributed by atoms with E-state index in [2.05, 4.69) is 14.8 Å². The summed E-state index contributed by atoms with van der Waals surface area (Å²) < 4.78 is 53.1. The Hall–Kier alpha value is -2.84. The van der Waals surface area contributed by atoms with Gasteiger partial charge in [-0.05, 0) is 12.1 Å². The molecule has 3 aromatic rings. The van der Waals surface area contributed by atoms with Crippen LogP contribution in [0.15, 0.2) is 29.4 Å². The standard InChI is InChI=1S/C14H11ClF2N6O2S/c15-8-1-2-9(13-12(8)7(3-18)4-20-13)22-26(24,25)10-5-21-23(14(10)19)6-11(16)17/h1-2,4-5,11,20,22H,6,19H2. The Bertz CT molecular complexity index is 1130. The van der Waals surface area contributed by atoms with Crippen molar-refractivity contribution in [3.05, 3.63) is 35.1 Å². The quantitative estimate of drug-likeness (QED) is 0.606. The predicted octanol–water partition coefficient (Wildman–Crippen LogP) is 2.54. The van der Waals surface area contributed by atoms with Crippen molar-refractivity contribution in [2.45, 2.75) is 17.9 Å². The van der Waals surface area contributed by atoms with Gasteiger partial charge in [0.1, 0.15) is 23.3 Å². The van der Waals surface area contributed by atoms with Gasteiger partial charge in [-0.2, -0.15) is 10.4 Å². The average molecular weight is 401 g/mol. The van der Waals surface area contributed by atoms with Crippen LogP contribution in [-0.4, -0.2) is 29.6 Å². The molecule has 12 heteroatoms. The van der Waals surface area contributed by atoms with Gasteiger partial charge in [-0.15, -0.1) is 0 Å². The number of benzene rings is 1. The maximum Gasteiger partial charge on any atom is 0.267 e. The van der Waals surface area contributed by atoms with Crippen LogP contribution in [0, 0.1) is 11.3 Å². The van der Waals surface area contributed by atoms with Gasteiger partial charge in [-0.1, -0.05) is 11.6 Å². The average Bonchev–Trinajstić information content (AvgIpc) is 3.15. The van der Waals surface area contributed by atoms with Crippen LogP contribution in [0.5, 0.6) is 0 Å². The van der Waals surface area contributed by atoms with Gasteiger partial charge in [0, 0.05) is 11.6 Å². The molecule has 0 atom stereocenters. The summed E-state index contributed by atoms with van der Waals surface area (Å²) in [6.45, 7) is -0.825. The topological polar surface area (TPSA) is 130 Å². The molecule has 26 heavy (non-hydrogen) atoms. The van der Waals surface area contributed by atoms with E-state index in [0.717, 1.165) is 6.20 Å². The van der Waals surface area contributed by atoms with Crippen LogP contribution in [0.25, 0.3) is 10.9 Å². The molecule has 3 rings (SSSR count). The first-order chi connectivity index (χ1) is 12.2. The second-order valence-corrected chi connectivity index (χ2v) is 7.29. The number of nitrogens with two attached hydrogens (primary N) is 1. The largest absolute Gasteiger partial charge is 0.383 e. The van der Waals surface area contributed by atoms with Gasteiger partial charge in [0.15, 0.2) is 0 Å². The number of H-pyrrole nitrogens is 1. The van der Waals surface area contributed by atoms with Crippen molar-refractivity contribution in [2.75, 3.05) is 10.5 Å². The number of anilines is 2. The summed E-state index contributed by atoms with van der Waals surface area (Å²) in [4.78, 5) is 2.35. The normalized spacial score (nSPS) is 11.8. The molecule has 0 radical (unpaired) electrons. The molecule has 4 N–H and O–H groups in total. The first-order valence-corrected chi connectivity index (χ1v) is 8.92. The first-order valence-electron chi connectivity index (χ1n) is 7.06. The Morgan fingerprint density at radius 3 is 2.85 bits per heavy atom. The minimum absolute atomic E-state index is 0.118. The summed E-state index contributed by atoms with van der Waals surface area (Å²) in [5.41, 5.74) is 6.29. The van der Waals surface area contributed by atoms with E-state index in [0.29, 0.717) is 15.6 Å². The molecule has 0 saturated heterocycles. The zero-order valence-corrected chi connectivity index (χ0v) is 14.4. The summed E-state index contributed by atoms with van der Waals surface area (Å²) in [5.74, 6) is -0.410. The molecule has 0 saturated carbocycles. The molecule has 0 spiro atoms. The molecule has 2 heterocycles. The van der Waals surface area contributed by atoms with Gasteiger partial charge in [-0.3, -0.25) is 4.72 Å². The fourth-order valence-electron chi connectivity index (χ4n) is 2.44. The molecule has 0 fully saturated rings. The van der Waals surface area contributed by atoms with E-state index in [1.54, 1.807) is 0 Å². The van der Waals surface area contributed by atoms with Gasteiger partial charge in [0.25, 0.3) is 16.4 Å². The Balaban J connectivity index is 2.03. The van der Waals surface area contributed by atoms with Crippen molar-refractivity contribution in [1.29, 1.82) is 5.26 Å². The van der Waals surface area contributed by atoms with E-state index >= 15 is 0 Å². The van der Waals surface area contributed by atoms with Crippen molar-refractivity contribution >= 4 is 44.0 Å². The van der Waals surface area contributed by atoms with Gasteiger partial charge in [0.05, 0.1) is 28.0 Å². The third-order valence-electron chi connectivity index (χ3n) is 3.59. The highest BCUT2D eigenvalue weighted by molar-refractivity contribution is 7.92. The van der Waals surface area contributed by atoms with E-state index in [9.17, 15) is 17.2 Å². The molecule has 0 amide bonds. The smallest absolute Gasteiger partial charge is 0.267 e. The summed E-state index contributed by atoms with van der Waals surface area (Å²) in [6, 6.07) is 4.78. The van der Waals surface area contributed by atoms with E-state index in [-0.39, 0.29) is 16.3 Å². The summed E-state index contributed by atoms with van der Waals surface area (Å²) in [6.07, 6.45) is -0.452. The molecular weight excluding hydrogens is 390 g/mol. The molecule has 0 bridgehead atoms. The highest BCUT2D eigenvalue weighted by atomic mass is 35.5. The van der Waals surface area contributed by atoms with Crippen molar-refractivity contribution < 1.29 is 17.2 Å². The number of nitrogens with zero attached hydrogens (tertiary/aromatic N) is 3. The minimum atomic E-state index is -4.21. The SMILES string of the molecule is N#Cc1c[nH]c2c(NS(=O)(=O)c3cnn(CC(F)F)c3N)ccc(Cl)c12. The van der Waals surface area contributed by atoms with E-state index in [1.165, 1.54) is 18.3 Å². The number of halogens is 3. The zero-order valence-electron chi connectivity index (χ0n) is 12.9. The van der Waals surface area contributed by atoms with Crippen LogP contribution < -0.4 is 10.5 Å². The Labute approximate surface area is 151 Å². The van der Waals surface area contributed by atoms with E-state index in [1.807, 2.05) is 6.07 Å². The fraction of sp³-hybridized carbons (Fsp3) is 0.143. The van der Waals surface area contributed by atoms with Crippen LogP contribution in [0.3, 0.4) is 0 Å². The van der Waals surface area contributed by atoms with Gasteiger partial charge >= 0.3 is 0 Å². The molecular formula is C14H11ClF2N6O2S. The molecule has 0 aliphatic heterocycles. The third-order valence-corrected chi connectivity index (χ3v) is 5.29. The van der Waals surface area contributed by atoms with Crippen LogP contribution in [0.2, 0.25) is 5.02 Å². The van der Waals surface area contributed by atoms with Crippen LogP contribution >= 0.6 is 11.6 Å². The fourth-order valence-corrected chi connectivity index (χ4v) is 3.84. The molecule has 1 aromatic carbocycles. The molecule has 0 unspecified atom stereocenters. The number of hydrogen-bond donors (Lipinski definition) is 3. The number of sulfonamides is 1. The minimum Gasteiger partial charge on any atom is -0.383 e. The highest BCUT2D eigenvalue weighted by Gasteiger charge is 2.24. The lowest BCUT2D eigenvalue weighted by Gasteiger charge is -2.10. The van der Waals surface area contributed by atoms with Gasteiger partial charge in [0.2, 0.25) is 0 Å². The monoisotopic (exact) mass is 400 g/mol. The van der Waals surface area contributed by atoms with Crippen molar-refractivity contribution in [3.8, 4) is 6.07 Å². The van der Waals surface area contributed by atoms with Crippen molar-refractivity contribution in [1.82, 2.24) is 14.8 Å². The number of aromatic amines is 1. The number of hydrogen-bond acceptors (Lipinski definition) is 5. The number of aromatic nitrogens is 3. The number of alkyl halides is 2. The predicted molar refractivity (Wildman–Crippen MR) is 91.5 cm³/mol.